The number of unbranched alkanes of at least 4 members (excludes halogenated alkanes) is 1. The predicted octanol–water partition coefficient (Wildman–Crippen LogP) is 4.82. The van der Waals surface area contributed by atoms with Crippen LogP contribution in [0.4, 0.5) is 13.2 Å². The van der Waals surface area contributed by atoms with E-state index in [2.05, 4.69) is 6.07 Å². The Kier molecular flexibility index (Phi) is 9.24. The first-order valence-corrected chi connectivity index (χ1v) is 12.4. The molecule has 0 fully saturated rings. The Labute approximate surface area is 198 Å². The van der Waals surface area contributed by atoms with E-state index in [0.29, 0.717) is 12.0 Å². The second-order valence-electron chi connectivity index (χ2n) is 8.26. The summed E-state index contributed by atoms with van der Waals surface area (Å²) in [6.45, 7) is 5.26. The average Bonchev–Trinajstić information content (AvgIpc) is 2.79. The first-order chi connectivity index (χ1) is 15.9. The number of amides is 1. The number of alkyl halides is 3. The first-order valence-electron chi connectivity index (χ1n) is 10.9. The van der Waals surface area contributed by atoms with Crippen LogP contribution >= 0.6 is 0 Å². The molecule has 0 heterocycles. The highest BCUT2D eigenvalue weighted by Gasteiger charge is 2.48. The molecule has 0 saturated heterocycles. The van der Waals surface area contributed by atoms with E-state index in [1.54, 1.807) is 41.1 Å². The van der Waals surface area contributed by atoms with Gasteiger partial charge in [-0.2, -0.15) is 23.2 Å². The standard InChI is InChI=1S/C24H28F3N3O3S/c1-4-5-14-30(23(31)22(17(2)3)29-34(32,33)24(25,26)27)16-18-10-12-19(13-11-18)21-9-7-6-8-20(21)15-28/h6-13,17,22,29H,4-5,14,16H2,1-3H3/t22-/m0/s1. The lowest BCUT2D eigenvalue weighted by Gasteiger charge is -2.30. The van der Waals surface area contributed by atoms with Crippen LogP contribution in [0, 0.1) is 17.2 Å². The van der Waals surface area contributed by atoms with Gasteiger partial charge in [0, 0.05) is 13.1 Å². The molecule has 0 aliphatic heterocycles. The van der Waals surface area contributed by atoms with Gasteiger partial charge >= 0.3 is 15.5 Å². The fraction of sp³-hybridized carbons (Fsp3) is 0.417. The Morgan fingerprint density at radius 3 is 2.26 bits per heavy atom. The van der Waals surface area contributed by atoms with Crippen molar-refractivity contribution in [3.8, 4) is 17.2 Å². The van der Waals surface area contributed by atoms with Crippen molar-refractivity contribution in [2.75, 3.05) is 6.54 Å². The van der Waals surface area contributed by atoms with Crippen molar-refractivity contribution in [1.82, 2.24) is 9.62 Å². The molecule has 6 nitrogen and oxygen atoms in total. The number of hydrogen-bond donors (Lipinski definition) is 1. The zero-order chi connectivity index (χ0) is 25.5. The van der Waals surface area contributed by atoms with Crippen molar-refractivity contribution >= 4 is 15.9 Å². The summed E-state index contributed by atoms with van der Waals surface area (Å²) in [6, 6.07) is 14.9. The lowest BCUT2D eigenvalue weighted by atomic mass is 9.99. The summed E-state index contributed by atoms with van der Waals surface area (Å²) in [5.41, 5.74) is -2.69. The monoisotopic (exact) mass is 495 g/mol. The van der Waals surface area contributed by atoms with E-state index in [0.717, 1.165) is 23.1 Å². The van der Waals surface area contributed by atoms with Crippen LogP contribution in [0.2, 0.25) is 0 Å². The molecule has 10 heteroatoms. The molecule has 2 aromatic carbocycles. The van der Waals surface area contributed by atoms with Gasteiger partial charge in [0.15, 0.2) is 0 Å². The summed E-state index contributed by atoms with van der Waals surface area (Å²) >= 11 is 0. The quantitative estimate of drug-likeness (QED) is 0.512. The van der Waals surface area contributed by atoms with Gasteiger partial charge < -0.3 is 4.90 Å². The molecular weight excluding hydrogens is 467 g/mol. The third kappa shape index (κ3) is 6.81. The third-order valence-electron chi connectivity index (χ3n) is 5.30. The molecule has 0 spiro atoms. The minimum atomic E-state index is -5.68. The van der Waals surface area contributed by atoms with Crippen LogP contribution in [0.5, 0.6) is 0 Å². The van der Waals surface area contributed by atoms with Crippen molar-refractivity contribution in [1.29, 1.82) is 5.26 Å². The lowest BCUT2D eigenvalue weighted by Crippen LogP contribution is -2.53. The summed E-state index contributed by atoms with van der Waals surface area (Å²) < 4.78 is 63.6. The van der Waals surface area contributed by atoms with Gasteiger partial charge in [-0.05, 0) is 35.1 Å². The Balaban J connectivity index is 2.29. The number of nitrogens with one attached hydrogen (secondary N) is 1. The van der Waals surface area contributed by atoms with Crippen LogP contribution in [-0.2, 0) is 21.4 Å². The Hall–Kier alpha value is -2.90. The molecule has 34 heavy (non-hydrogen) atoms. The first kappa shape index (κ1) is 27.3. The average molecular weight is 496 g/mol. The highest BCUT2D eigenvalue weighted by atomic mass is 32.2. The number of nitrogens with zero attached hydrogens (tertiary/aromatic N) is 2. The van der Waals surface area contributed by atoms with E-state index in [-0.39, 0.29) is 13.1 Å². The van der Waals surface area contributed by atoms with Crippen LogP contribution in [0.25, 0.3) is 11.1 Å². The maximum Gasteiger partial charge on any atom is 0.511 e. The van der Waals surface area contributed by atoms with Crippen molar-refractivity contribution in [2.45, 2.75) is 51.7 Å². The van der Waals surface area contributed by atoms with Gasteiger partial charge in [0.05, 0.1) is 11.6 Å². The van der Waals surface area contributed by atoms with Crippen molar-refractivity contribution in [3.05, 3.63) is 59.7 Å². The second kappa shape index (κ2) is 11.5. The summed E-state index contributed by atoms with van der Waals surface area (Å²) in [7, 11) is -5.68. The van der Waals surface area contributed by atoms with Gasteiger partial charge in [0.2, 0.25) is 5.91 Å². The number of halogens is 3. The van der Waals surface area contributed by atoms with Gasteiger partial charge in [-0.15, -0.1) is 0 Å². The van der Waals surface area contributed by atoms with Gasteiger partial charge in [0.1, 0.15) is 6.04 Å². The van der Waals surface area contributed by atoms with Gasteiger partial charge in [-0.1, -0.05) is 69.7 Å². The molecule has 1 N–H and O–H groups in total. The zero-order valence-corrected chi connectivity index (χ0v) is 20.1. The number of hydrogen-bond acceptors (Lipinski definition) is 4. The van der Waals surface area contributed by atoms with E-state index in [1.165, 1.54) is 18.7 Å². The molecule has 2 rings (SSSR count). The molecule has 0 aliphatic carbocycles. The predicted molar refractivity (Wildman–Crippen MR) is 124 cm³/mol. The molecule has 1 amide bonds. The van der Waals surface area contributed by atoms with Crippen LogP contribution in [0.15, 0.2) is 48.5 Å². The normalized spacial score (nSPS) is 12.9. The van der Waals surface area contributed by atoms with Crippen molar-refractivity contribution in [2.24, 2.45) is 5.92 Å². The number of rotatable bonds is 10. The SMILES string of the molecule is CCCCN(Cc1ccc(-c2ccccc2C#N)cc1)C(=O)[C@@H](NS(=O)(=O)C(F)(F)F)C(C)C. The van der Waals surface area contributed by atoms with E-state index >= 15 is 0 Å². The summed E-state index contributed by atoms with van der Waals surface area (Å²) in [6.07, 6.45) is 1.35. The maximum absolute atomic E-state index is 13.2. The Morgan fingerprint density at radius 1 is 1.12 bits per heavy atom. The fourth-order valence-electron chi connectivity index (χ4n) is 3.36. The number of sulfonamides is 1. The maximum atomic E-state index is 13.2. The largest absolute Gasteiger partial charge is 0.511 e. The topological polar surface area (TPSA) is 90.3 Å². The van der Waals surface area contributed by atoms with Gasteiger partial charge in [-0.3, -0.25) is 4.79 Å². The number of nitriles is 1. The molecule has 184 valence electrons. The number of benzene rings is 2. The minimum Gasteiger partial charge on any atom is -0.337 e. The molecule has 0 bridgehead atoms. The molecule has 1 atom stereocenters. The highest BCUT2D eigenvalue weighted by molar-refractivity contribution is 7.90. The van der Waals surface area contributed by atoms with E-state index in [9.17, 15) is 31.6 Å². The third-order valence-corrected chi connectivity index (χ3v) is 6.47. The van der Waals surface area contributed by atoms with Crippen LogP contribution in [0.1, 0.15) is 44.7 Å². The summed E-state index contributed by atoms with van der Waals surface area (Å²) in [5, 5.41) is 9.31. The van der Waals surface area contributed by atoms with E-state index < -0.39 is 33.4 Å². The summed E-state index contributed by atoms with van der Waals surface area (Å²) in [5.74, 6) is -1.41. The van der Waals surface area contributed by atoms with E-state index in [1.807, 2.05) is 19.1 Å². The smallest absolute Gasteiger partial charge is 0.337 e. The van der Waals surface area contributed by atoms with Crippen LogP contribution in [0.3, 0.4) is 0 Å². The second-order valence-corrected chi connectivity index (χ2v) is 9.96. The number of carbonyl (C=O) groups excluding carboxylic acids is 1. The summed E-state index contributed by atoms with van der Waals surface area (Å²) in [4.78, 5) is 14.5. The van der Waals surface area contributed by atoms with Crippen LogP contribution in [-0.4, -0.2) is 37.3 Å². The van der Waals surface area contributed by atoms with Gasteiger partial charge in [0.25, 0.3) is 0 Å². The highest BCUT2D eigenvalue weighted by Crippen LogP contribution is 2.25. The van der Waals surface area contributed by atoms with Gasteiger partial charge in [-0.25, -0.2) is 8.42 Å². The molecule has 0 aliphatic rings. The van der Waals surface area contributed by atoms with Crippen molar-refractivity contribution in [3.63, 3.8) is 0 Å². The van der Waals surface area contributed by atoms with E-state index in [4.69, 9.17) is 0 Å². The molecule has 0 unspecified atom stereocenters. The molecule has 0 saturated carbocycles. The lowest BCUT2D eigenvalue weighted by molar-refractivity contribution is -0.134. The molecule has 0 radical (unpaired) electrons. The minimum absolute atomic E-state index is 0.107. The van der Waals surface area contributed by atoms with Crippen LogP contribution < -0.4 is 4.72 Å². The Morgan fingerprint density at radius 2 is 1.74 bits per heavy atom. The zero-order valence-electron chi connectivity index (χ0n) is 19.3. The molecular formula is C24H28F3N3O3S. The Bertz CT molecular complexity index is 1120. The fourth-order valence-corrected chi connectivity index (χ4v) is 4.20. The number of carbonyl (C=O) groups is 1. The van der Waals surface area contributed by atoms with Crippen molar-refractivity contribution < 1.29 is 26.4 Å². The molecule has 0 aromatic heterocycles. The molecule has 2 aromatic rings.